The largest absolute Gasteiger partial charge is 0.461 e. The number of nitrogens with zero attached hydrogens (tertiary/aromatic N) is 2. The molecule has 0 amide bonds. The summed E-state index contributed by atoms with van der Waals surface area (Å²) >= 11 is 0. The van der Waals surface area contributed by atoms with Crippen LogP contribution in [0.1, 0.15) is 23.5 Å². The van der Waals surface area contributed by atoms with Crippen LogP contribution >= 0.6 is 0 Å². The molecule has 1 heterocycles. The number of rotatable bonds is 4. The summed E-state index contributed by atoms with van der Waals surface area (Å²) in [5, 5.41) is 10.4. The molecule has 0 radical (unpaired) electrons. The Morgan fingerprint density at radius 3 is 2.92 bits per heavy atom. The van der Waals surface area contributed by atoms with E-state index in [9.17, 15) is 13.6 Å². The van der Waals surface area contributed by atoms with Crippen molar-refractivity contribution < 1.29 is 18.3 Å². The van der Waals surface area contributed by atoms with E-state index in [0.717, 1.165) is 17.1 Å². The highest BCUT2D eigenvalue weighted by Gasteiger charge is 2.46. The van der Waals surface area contributed by atoms with Gasteiger partial charge in [0.2, 0.25) is 0 Å². The highest BCUT2D eigenvalue weighted by molar-refractivity contribution is 5.78. The molecule has 1 aliphatic carbocycles. The summed E-state index contributed by atoms with van der Waals surface area (Å²) in [6.45, 7) is 0.108. The molecule has 5 nitrogen and oxygen atoms in total. The Bertz CT molecular complexity index is 925. The van der Waals surface area contributed by atoms with Gasteiger partial charge in [-0.25, -0.2) is 8.78 Å². The summed E-state index contributed by atoms with van der Waals surface area (Å²) in [6.07, 6.45) is 0.474. The van der Waals surface area contributed by atoms with Crippen molar-refractivity contribution in [3.05, 3.63) is 59.2 Å². The van der Waals surface area contributed by atoms with E-state index in [4.69, 9.17) is 4.74 Å². The molecule has 1 aromatic heterocycles. The molecular weight excluding hydrogens is 316 g/mol. The molecule has 0 bridgehead atoms. The minimum atomic E-state index is -0.896. The Labute approximate surface area is 135 Å². The molecule has 2 atom stereocenters. The van der Waals surface area contributed by atoms with Gasteiger partial charge in [0, 0.05) is 5.92 Å². The van der Waals surface area contributed by atoms with Crippen LogP contribution in [-0.4, -0.2) is 21.4 Å². The number of carbonyl (C=O) groups is 1. The molecule has 0 aliphatic heterocycles. The Balaban J connectivity index is 1.39. The average molecular weight is 329 g/mol. The topological polar surface area (TPSA) is 67.9 Å². The molecule has 2 aromatic carbocycles. The fourth-order valence-corrected chi connectivity index (χ4v) is 2.84. The van der Waals surface area contributed by atoms with Gasteiger partial charge < -0.3 is 4.74 Å². The van der Waals surface area contributed by atoms with Gasteiger partial charge in [0.15, 0.2) is 11.6 Å². The SMILES string of the molecule is O=C(OCc1ccc2n[nH]nc2c1)[C@@H]1C[C@H]1c1cccc(F)c1F. The van der Waals surface area contributed by atoms with Crippen molar-refractivity contribution in [3.8, 4) is 0 Å². The second-order valence-electron chi connectivity index (χ2n) is 5.85. The third-order valence-electron chi connectivity index (χ3n) is 4.24. The Hall–Kier alpha value is -2.83. The number of H-pyrrole nitrogens is 1. The van der Waals surface area contributed by atoms with E-state index in [-0.39, 0.29) is 18.1 Å². The summed E-state index contributed by atoms with van der Waals surface area (Å²) in [4.78, 5) is 12.1. The van der Waals surface area contributed by atoms with Crippen molar-refractivity contribution in [2.75, 3.05) is 0 Å². The third-order valence-corrected chi connectivity index (χ3v) is 4.24. The van der Waals surface area contributed by atoms with E-state index in [1.54, 1.807) is 18.2 Å². The van der Waals surface area contributed by atoms with E-state index in [1.807, 2.05) is 0 Å². The Morgan fingerprint density at radius 2 is 2.04 bits per heavy atom. The summed E-state index contributed by atoms with van der Waals surface area (Å²) in [6, 6.07) is 9.38. The lowest BCUT2D eigenvalue weighted by Crippen LogP contribution is -2.08. The highest BCUT2D eigenvalue weighted by atomic mass is 19.2. The molecule has 7 heteroatoms. The van der Waals surface area contributed by atoms with Crippen LogP contribution in [0, 0.1) is 17.6 Å². The number of ether oxygens (including phenoxy) is 1. The zero-order valence-electron chi connectivity index (χ0n) is 12.5. The number of fused-ring (bicyclic) bond motifs is 1. The molecule has 122 valence electrons. The Kier molecular flexibility index (Phi) is 3.48. The van der Waals surface area contributed by atoms with E-state index in [1.165, 1.54) is 12.1 Å². The predicted molar refractivity (Wildman–Crippen MR) is 80.9 cm³/mol. The van der Waals surface area contributed by atoms with Crippen molar-refractivity contribution in [1.82, 2.24) is 15.4 Å². The number of hydrogen-bond donors (Lipinski definition) is 1. The number of nitrogens with one attached hydrogen (secondary N) is 1. The van der Waals surface area contributed by atoms with Crippen LogP contribution in [0.3, 0.4) is 0 Å². The summed E-state index contributed by atoms with van der Waals surface area (Å²) < 4.78 is 32.3. The number of esters is 1. The molecule has 3 aromatic rings. The van der Waals surface area contributed by atoms with Gasteiger partial charge in [-0.1, -0.05) is 18.2 Å². The quantitative estimate of drug-likeness (QED) is 0.747. The molecule has 24 heavy (non-hydrogen) atoms. The molecule has 0 saturated heterocycles. The third kappa shape index (κ3) is 2.62. The normalized spacial score (nSPS) is 19.4. The van der Waals surface area contributed by atoms with Crippen molar-refractivity contribution in [2.45, 2.75) is 18.9 Å². The van der Waals surface area contributed by atoms with Crippen LogP contribution in [-0.2, 0) is 16.1 Å². The fraction of sp³-hybridized carbons (Fsp3) is 0.235. The second kappa shape index (κ2) is 5.67. The van der Waals surface area contributed by atoms with Gasteiger partial charge >= 0.3 is 5.97 Å². The Morgan fingerprint density at radius 1 is 1.21 bits per heavy atom. The summed E-state index contributed by atoms with van der Waals surface area (Å²) in [7, 11) is 0. The first-order valence-corrected chi connectivity index (χ1v) is 7.53. The average Bonchev–Trinajstić information content (AvgIpc) is 3.24. The molecule has 4 rings (SSSR count). The maximum Gasteiger partial charge on any atom is 0.309 e. The number of hydrogen-bond acceptors (Lipinski definition) is 4. The first kappa shape index (κ1) is 14.7. The van der Waals surface area contributed by atoms with Crippen molar-refractivity contribution in [2.24, 2.45) is 5.92 Å². The van der Waals surface area contributed by atoms with Gasteiger partial charge in [-0.3, -0.25) is 4.79 Å². The molecule has 0 spiro atoms. The molecule has 1 saturated carbocycles. The van der Waals surface area contributed by atoms with Crippen LogP contribution in [0.4, 0.5) is 8.78 Å². The van der Waals surface area contributed by atoms with Crippen LogP contribution in [0.5, 0.6) is 0 Å². The van der Waals surface area contributed by atoms with E-state index in [0.29, 0.717) is 11.9 Å². The molecule has 1 N–H and O–H groups in total. The lowest BCUT2D eigenvalue weighted by molar-refractivity contribution is -0.146. The van der Waals surface area contributed by atoms with Gasteiger partial charge in [-0.15, -0.1) is 0 Å². The maximum atomic E-state index is 13.8. The zero-order chi connectivity index (χ0) is 16.7. The van der Waals surface area contributed by atoms with Gasteiger partial charge in [0.25, 0.3) is 0 Å². The number of halogens is 2. The van der Waals surface area contributed by atoms with Gasteiger partial charge in [-0.2, -0.15) is 15.4 Å². The number of aromatic nitrogens is 3. The van der Waals surface area contributed by atoms with Crippen molar-refractivity contribution in [3.63, 3.8) is 0 Å². The minimum absolute atomic E-state index is 0.108. The number of benzene rings is 2. The minimum Gasteiger partial charge on any atom is -0.461 e. The van der Waals surface area contributed by atoms with Gasteiger partial charge in [0.1, 0.15) is 17.6 Å². The molecule has 0 unspecified atom stereocenters. The van der Waals surface area contributed by atoms with E-state index in [2.05, 4.69) is 15.4 Å². The lowest BCUT2D eigenvalue weighted by Gasteiger charge is -2.06. The monoisotopic (exact) mass is 329 g/mol. The van der Waals surface area contributed by atoms with Gasteiger partial charge in [0.05, 0.1) is 5.92 Å². The zero-order valence-corrected chi connectivity index (χ0v) is 12.5. The fourth-order valence-electron chi connectivity index (χ4n) is 2.84. The summed E-state index contributed by atoms with van der Waals surface area (Å²) in [5.41, 5.74) is 2.45. The molecule has 1 fully saturated rings. The van der Waals surface area contributed by atoms with Crippen LogP contribution in [0.25, 0.3) is 11.0 Å². The van der Waals surface area contributed by atoms with E-state index >= 15 is 0 Å². The highest BCUT2D eigenvalue weighted by Crippen LogP contribution is 2.49. The van der Waals surface area contributed by atoms with Gasteiger partial charge in [-0.05, 0) is 35.7 Å². The van der Waals surface area contributed by atoms with Crippen molar-refractivity contribution in [1.29, 1.82) is 0 Å². The first-order valence-electron chi connectivity index (χ1n) is 7.53. The standard InChI is InChI=1S/C17H13F2N3O2/c18-13-3-1-2-10(16(13)19)11-7-12(11)17(23)24-8-9-4-5-14-15(6-9)21-22-20-14/h1-6,11-12H,7-8H2,(H,20,21,22)/t11-,12+/m0/s1. The number of carbonyl (C=O) groups excluding carboxylic acids is 1. The lowest BCUT2D eigenvalue weighted by atomic mass is 10.1. The smallest absolute Gasteiger partial charge is 0.309 e. The van der Waals surface area contributed by atoms with Crippen LogP contribution in [0.15, 0.2) is 36.4 Å². The van der Waals surface area contributed by atoms with Crippen molar-refractivity contribution >= 4 is 17.0 Å². The summed E-state index contributed by atoms with van der Waals surface area (Å²) in [5.74, 6) is -2.91. The molecule has 1 aliphatic rings. The molecular formula is C17H13F2N3O2. The van der Waals surface area contributed by atoms with Crippen LogP contribution < -0.4 is 0 Å². The predicted octanol–water partition coefficient (Wildman–Crippen LogP) is 3.08. The first-order chi connectivity index (χ1) is 11.6. The maximum absolute atomic E-state index is 13.8. The van der Waals surface area contributed by atoms with Crippen LogP contribution in [0.2, 0.25) is 0 Å². The second-order valence-corrected chi connectivity index (χ2v) is 5.85. The van der Waals surface area contributed by atoms with E-state index < -0.39 is 23.5 Å². The number of aromatic amines is 1.